The van der Waals surface area contributed by atoms with Gasteiger partial charge in [-0.15, -0.1) is 0 Å². The van der Waals surface area contributed by atoms with E-state index in [0.717, 1.165) is 24.3 Å². The molecule has 0 saturated carbocycles. The first kappa shape index (κ1) is 38.3. The van der Waals surface area contributed by atoms with Crippen LogP contribution in [0.4, 0.5) is 22.7 Å². The number of non-ortho nitro benzene ring substituents is 2. The first-order chi connectivity index (χ1) is 27.7. The fourth-order valence-electron chi connectivity index (χ4n) is 6.79. The fraction of sp³-hybridized carbons (Fsp3) is 0.100. The second-order valence-corrected chi connectivity index (χ2v) is 13.4. The molecule has 4 aromatic carbocycles. The zero-order chi connectivity index (χ0) is 41.4. The SMILES string of the molecule is O=C(c1ccncc1)N(O)c1cc2c(O)c(c1)Cc1cc([N+](=O)[O-])cc(c1O)Cc1cc(N(O)C(=O)c3ccncc3)cc(c1O)Cc1cc([N+](=O)[O-])cc(c1O)C2. The van der Waals surface area contributed by atoms with Gasteiger partial charge in [-0.05, 0) is 48.5 Å². The normalized spacial score (nSPS) is 12.0. The zero-order valence-electron chi connectivity index (χ0n) is 29.9. The summed E-state index contributed by atoms with van der Waals surface area (Å²) in [6, 6.07) is 14.4. The standard InChI is InChI=1S/C40H30N6O12/c47-35-23-9-27-17-33(45(55)56)19-29(37(27)49)11-25-15-32(44(54)40(52)22-3-7-42-8-4-22)16-26(36(25)48)12-30-20-34(46(57)58)18-28(38(30)50)10-24(35)14-31(13-23)43(53)39(51)21-1-5-41-6-2-21/h1-8,13-20,47-50,53-54H,9-12H2. The van der Waals surface area contributed by atoms with E-state index in [-0.39, 0.29) is 77.1 Å². The third-order valence-electron chi connectivity index (χ3n) is 9.68. The van der Waals surface area contributed by atoms with Crippen LogP contribution >= 0.6 is 0 Å². The van der Waals surface area contributed by atoms with Crippen molar-refractivity contribution in [2.24, 2.45) is 0 Å². The lowest BCUT2D eigenvalue weighted by atomic mass is 9.90. The number of hydroxylamine groups is 2. The molecule has 0 aliphatic heterocycles. The predicted octanol–water partition coefficient (Wildman–Crippen LogP) is 5.86. The molecule has 6 aromatic rings. The molecule has 18 nitrogen and oxygen atoms in total. The number of amides is 2. The van der Waals surface area contributed by atoms with Gasteiger partial charge in [-0.25, -0.2) is 0 Å². The van der Waals surface area contributed by atoms with Crippen LogP contribution in [-0.4, -0.2) is 62.5 Å². The number of nitro groups is 2. The van der Waals surface area contributed by atoms with Crippen LogP contribution in [0.2, 0.25) is 0 Å². The van der Waals surface area contributed by atoms with Gasteiger partial charge in [0.15, 0.2) is 0 Å². The predicted molar refractivity (Wildman–Crippen MR) is 203 cm³/mol. The van der Waals surface area contributed by atoms with Crippen molar-refractivity contribution in [2.45, 2.75) is 25.7 Å². The Bertz CT molecular complexity index is 2380. The van der Waals surface area contributed by atoms with Crippen molar-refractivity contribution in [3.05, 3.63) is 173 Å². The molecule has 0 unspecified atom stereocenters. The number of carbonyl (C=O) groups is 2. The van der Waals surface area contributed by atoms with E-state index in [0.29, 0.717) is 0 Å². The quantitative estimate of drug-likeness (QED) is 0.0654. The number of hydrogen-bond donors (Lipinski definition) is 6. The highest BCUT2D eigenvalue weighted by Crippen LogP contribution is 2.42. The Morgan fingerprint density at radius 3 is 0.966 bits per heavy atom. The summed E-state index contributed by atoms with van der Waals surface area (Å²) in [5.74, 6) is -3.74. The number of phenols is 4. The number of nitrogens with zero attached hydrogens (tertiary/aromatic N) is 6. The van der Waals surface area contributed by atoms with Crippen LogP contribution in [0.5, 0.6) is 23.0 Å². The topological polar surface area (TPSA) is 274 Å². The van der Waals surface area contributed by atoms with Gasteiger partial charge in [0.1, 0.15) is 23.0 Å². The molecule has 0 radical (unpaired) electrons. The minimum absolute atomic E-state index is 0.0331. The third-order valence-corrected chi connectivity index (χ3v) is 9.68. The molecule has 1 aliphatic rings. The number of carbonyl (C=O) groups excluding carboxylic acids is 2. The molecule has 2 amide bonds. The number of aromatic nitrogens is 2. The number of rotatable bonds is 6. The fourth-order valence-corrected chi connectivity index (χ4v) is 6.79. The van der Waals surface area contributed by atoms with Gasteiger partial charge in [-0.3, -0.25) is 50.2 Å². The highest BCUT2D eigenvalue weighted by molar-refractivity contribution is 6.05. The van der Waals surface area contributed by atoms with Crippen LogP contribution in [0.1, 0.15) is 65.2 Å². The van der Waals surface area contributed by atoms with Crippen molar-refractivity contribution in [2.75, 3.05) is 10.1 Å². The van der Waals surface area contributed by atoms with E-state index in [4.69, 9.17) is 0 Å². The lowest BCUT2D eigenvalue weighted by Gasteiger charge is -2.21. The smallest absolute Gasteiger partial charge is 0.282 e. The molecule has 292 valence electrons. The highest BCUT2D eigenvalue weighted by Gasteiger charge is 2.27. The molecule has 2 heterocycles. The summed E-state index contributed by atoms with van der Waals surface area (Å²) < 4.78 is 0. The van der Waals surface area contributed by atoms with Gasteiger partial charge in [-0.2, -0.15) is 10.1 Å². The van der Waals surface area contributed by atoms with Crippen LogP contribution < -0.4 is 10.1 Å². The van der Waals surface area contributed by atoms with E-state index < -0.39 is 81.7 Å². The molecule has 8 bridgehead atoms. The number of benzene rings is 4. The molecule has 18 heteroatoms. The molecule has 7 rings (SSSR count). The van der Waals surface area contributed by atoms with E-state index in [1.165, 1.54) is 73.3 Å². The Labute approximate surface area is 326 Å². The molecule has 1 aliphatic carbocycles. The molecular formula is C40H30N6O12. The molecule has 0 saturated heterocycles. The number of anilines is 2. The maximum atomic E-state index is 13.3. The van der Waals surface area contributed by atoms with Crippen molar-refractivity contribution < 1.29 is 50.3 Å². The van der Waals surface area contributed by atoms with Gasteiger partial charge in [0, 0.05) is 130 Å². The number of fused-ring (bicyclic) bond motifs is 8. The van der Waals surface area contributed by atoms with Crippen molar-refractivity contribution in [1.82, 2.24) is 9.97 Å². The molecule has 6 N–H and O–H groups in total. The van der Waals surface area contributed by atoms with Gasteiger partial charge in [0.25, 0.3) is 23.2 Å². The van der Waals surface area contributed by atoms with E-state index >= 15 is 0 Å². The van der Waals surface area contributed by atoms with Crippen molar-refractivity contribution in [3.8, 4) is 23.0 Å². The van der Waals surface area contributed by atoms with E-state index in [1.807, 2.05) is 0 Å². The maximum absolute atomic E-state index is 13.3. The summed E-state index contributed by atoms with van der Waals surface area (Å²) in [4.78, 5) is 57.3. The lowest BCUT2D eigenvalue weighted by molar-refractivity contribution is -0.385. The first-order valence-electron chi connectivity index (χ1n) is 17.2. The average molecular weight is 787 g/mol. The summed E-state index contributed by atoms with van der Waals surface area (Å²) in [5.41, 5.74) is -2.00. The molecule has 0 atom stereocenters. The minimum atomic E-state index is -0.905. The van der Waals surface area contributed by atoms with Gasteiger partial charge < -0.3 is 20.4 Å². The average Bonchev–Trinajstić information content (AvgIpc) is 3.22. The van der Waals surface area contributed by atoms with Crippen LogP contribution in [0.25, 0.3) is 0 Å². The molecular weight excluding hydrogens is 756 g/mol. The Morgan fingerprint density at radius 1 is 0.483 bits per heavy atom. The van der Waals surface area contributed by atoms with E-state index in [9.17, 15) is 60.7 Å². The van der Waals surface area contributed by atoms with Crippen molar-refractivity contribution in [1.29, 1.82) is 0 Å². The second-order valence-electron chi connectivity index (χ2n) is 13.4. The Balaban J connectivity index is 1.46. The number of hydrogen-bond acceptors (Lipinski definition) is 14. The van der Waals surface area contributed by atoms with Gasteiger partial charge in [0.05, 0.1) is 21.2 Å². The van der Waals surface area contributed by atoms with Crippen LogP contribution in [-0.2, 0) is 25.7 Å². The summed E-state index contributed by atoms with van der Waals surface area (Å²) in [6.45, 7) is 0. The summed E-state index contributed by atoms with van der Waals surface area (Å²) in [7, 11) is 0. The Hall–Kier alpha value is -7.96. The summed E-state index contributed by atoms with van der Waals surface area (Å²) >= 11 is 0. The lowest BCUT2D eigenvalue weighted by Crippen LogP contribution is -2.27. The zero-order valence-corrected chi connectivity index (χ0v) is 29.9. The van der Waals surface area contributed by atoms with Gasteiger partial charge in [-0.1, -0.05) is 0 Å². The monoisotopic (exact) mass is 786 g/mol. The second kappa shape index (κ2) is 15.3. The number of aromatic hydroxyl groups is 4. The minimum Gasteiger partial charge on any atom is -0.507 e. The highest BCUT2D eigenvalue weighted by atomic mass is 16.6. The largest absolute Gasteiger partial charge is 0.507 e. The van der Waals surface area contributed by atoms with E-state index in [2.05, 4.69) is 9.97 Å². The van der Waals surface area contributed by atoms with E-state index in [1.54, 1.807) is 0 Å². The van der Waals surface area contributed by atoms with Crippen LogP contribution in [0.3, 0.4) is 0 Å². The maximum Gasteiger partial charge on any atom is 0.282 e. The Kier molecular flexibility index (Phi) is 10.1. The van der Waals surface area contributed by atoms with Gasteiger partial charge >= 0.3 is 0 Å². The molecule has 58 heavy (non-hydrogen) atoms. The Morgan fingerprint density at radius 2 is 0.724 bits per heavy atom. The summed E-state index contributed by atoms with van der Waals surface area (Å²) in [6.07, 6.45) is 3.52. The van der Waals surface area contributed by atoms with Crippen LogP contribution in [0, 0.1) is 20.2 Å². The molecule has 0 spiro atoms. The first-order valence-corrected chi connectivity index (χ1v) is 17.2. The summed E-state index contributed by atoms with van der Waals surface area (Å²) in [5, 5.41) is 93.9. The number of phenolic OH excluding ortho intramolecular Hbond substituents is 4. The number of nitro benzene ring substituents is 2. The molecule has 2 aromatic heterocycles. The third kappa shape index (κ3) is 7.38. The number of pyridine rings is 2. The molecule has 0 fully saturated rings. The van der Waals surface area contributed by atoms with Crippen molar-refractivity contribution in [3.63, 3.8) is 0 Å². The van der Waals surface area contributed by atoms with Gasteiger partial charge in [0.2, 0.25) is 0 Å². The van der Waals surface area contributed by atoms with Crippen molar-refractivity contribution >= 4 is 34.6 Å². The van der Waals surface area contributed by atoms with Crippen LogP contribution in [0.15, 0.2) is 97.6 Å².